The van der Waals surface area contributed by atoms with Crippen molar-refractivity contribution in [3.63, 3.8) is 0 Å². The molecule has 0 aliphatic carbocycles. The molecule has 1 aliphatic heterocycles. The lowest BCUT2D eigenvalue weighted by molar-refractivity contribution is -0.384. The molecule has 6 atom stereocenters. The number of carbonyl (C=O) groups is 2. The van der Waals surface area contributed by atoms with E-state index < -0.39 is 66.1 Å². The van der Waals surface area contributed by atoms with E-state index in [2.05, 4.69) is 5.32 Å². The third kappa shape index (κ3) is 5.27. The Balaban J connectivity index is 2.24. The Bertz CT molecular complexity index is 786. The van der Waals surface area contributed by atoms with Gasteiger partial charge in [0.25, 0.3) is 11.5 Å². The van der Waals surface area contributed by atoms with Crippen LogP contribution in [0.15, 0.2) is 24.3 Å². The predicted octanol–water partition coefficient (Wildman–Crippen LogP) is -2.44. The Morgan fingerprint density at radius 2 is 1.97 bits per heavy atom. The van der Waals surface area contributed by atoms with Gasteiger partial charge in [-0.05, 0) is 12.1 Å². The molecule has 0 radical (unpaired) electrons. The fraction of sp³-hybridized carbons (Fsp3) is 0.529. The van der Waals surface area contributed by atoms with Crippen LogP contribution < -0.4 is 10.1 Å². The summed E-state index contributed by atoms with van der Waals surface area (Å²) in [6, 6.07) is 2.98. The number of esters is 1. The summed E-state index contributed by atoms with van der Waals surface area (Å²) in [6.07, 6.45) is -7.74. The van der Waals surface area contributed by atoms with Crippen LogP contribution in [0.25, 0.3) is 0 Å². The summed E-state index contributed by atoms with van der Waals surface area (Å²) in [5.74, 6) is -5.00. The van der Waals surface area contributed by atoms with E-state index >= 15 is 0 Å². The van der Waals surface area contributed by atoms with Crippen molar-refractivity contribution in [3.05, 3.63) is 34.4 Å². The Morgan fingerprint density at radius 3 is 2.47 bits per heavy atom. The minimum Gasteiger partial charge on any atom is -0.423 e. The molecular formula is C17H22N2O11. The molecule has 1 aromatic carbocycles. The second kappa shape index (κ2) is 9.42. The predicted molar refractivity (Wildman–Crippen MR) is 95.9 cm³/mol. The average Bonchev–Trinajstić information content (AvgIpc) is 2.68. The SMILES string of the molecule is CC(=O)N[C@H]1[C@H]([C@H](O)[C@H](O)CO)O[C@](O)(C(=O)Oc2ccc([N+](=O)[O-])cc2)C[C@@H]1O. The van der Waals surface area contributed by atoms with Crippen LogP contribution in [0.4, 0.5) is 5.69 Å². The van der Waals surface area contributed by atoms with Crippen molar-refractivity contribution in [1.82, 2.24) is 5.32 Å². The largest absolute Gasteiger partial charge is 0.423 e. The molecule has 1 fully saturated rings. The van der Waals surface area contributed by atoms with Gasteiger partial charge in [0, 0.05) is 25.5 Å². The Kier molecular flexibility index (Phi) is 7.41. The van der Waals surface area contributed by atoms with Gasteiger partial charge >= 0.3 is 5.97 Å². The lowest BCUT2D eigenvalue weighted by Crippen LogP contribution is -2.67. The number of carbonyl (C=O) groups excluding carboxylic acids is 2. The minimum absolute atomic E-state index is 0.173. The van der Waals surface area contributed by atoms with Crippen molar-refractivity contribution in [2.45, 2.75) is 49.6 Å². The van der Waals surface area contributed by atoms with Gasteiger partial charge < -0.3 is 40.3 Å². The van der Waals surface area contributed by atoms with Crippen LogP contribution in [0, 0.1) is 10.1 Å². The van der Waals surface area contributed by atoms with E-state index in [0.717, 1.165) is 31.2 Å². The van der Waals surface area contributed by atoms with Crippen molar-refractivity contribution in [2.75, 3.05) is 6.61 Å². The monoisotopic (exact) mass is 430 g/mol. The number of rotatable bonds is 7. The molecule has 0 spiro atoms. The first kappa shape index (κ1) is 23.6. The zero-order valence-electron chi connectivity index (χ0n) is 15.7. The third-order valence-electron chi connectivity index (χ3n) is 4.45. The zero-order valence-corrected chi connectivity index (χ0v) is 15.7. The number of hydrogen-bond donors (Lipinski definition) is 6. The van der Waals surface area contributed by atoms with E-state index in [1.807, 2.05) is 0 Å². The lowest BCUT2D eigenvalue weighted by Gasteiger charge is -2.45. The van der Waals surface area contributed by atoms with Crippen molar-refractivity contribution < 1.29 is 49.5 Å². The minimum atomic E-state index is -2.79. The average molecular weight is 430 g/mol. The van der Waals surface area contributed by atoms with Crippen LogP contribution >= 0.6 is 0 Å². The van der Waals surface area contributed by atoms with E-state index in [4.69, 9.17) is 14.6 Å². The highest BCUT2D eigenvalue weighted by atomic mass is 16.7. The number of aliphatic hydroxyl groups excluding tert-OH is 4. The van der Waals surface area contributed by atoms with Crippen LogP contribution in [-0.4, -0.2) is 85.2 Å². The molecule has 1 saturated heterocycles. The lowest BCUT2D eigenvalue weighted by atomic mass is 9.88. The number of amides is 1. The van der Waals surface area contributed by atoms with Gasteiger partial charge in [-0.1, -0.05) is 0 Å². The number of hydrogen-bond acceptors (Lipinski definition) is 11. The van der Waals surface area contributed by atoms with E-state index in [-0.39, 0.29) is 11.4 Å². The number of nitrogens with zero attached hydrogens (tertiary/aromatic N) is 1. The Labute approximate surface area is 169 Å². The highest BCUT2D eigenvalue weighted by Gasteiger charge is 2.54. The normalized spacial score (nSPS) is 28.3. The molecule has 2 rings (SSSR count). The van der Waals surface area contributed by atoms with E-state index in [1.54, 1.807) is 0 Å². The molecule has 0 unspecified atom stereocenters. The number of non-ortho nitro benzene ring substituents is 1. The second-order valence-electron chi connectivity index (χ2n) is 6.75. The van der Waals surface area contributed by atoms with Crippen molar-refractivity contribution >= 4 is 17.6 Å². The summed E-state index contributed by atoms with van der Waals surface area (Å²) in [6.45, 7) is 0.206. The van der Waals surface area contributed by atoms with Crippen LogP contribution in [0.1, 0.15) is 13.3 Å². The molecule has 13 nitrogen and oxygen atoms in total. The number of ether oxygens (including phenoxy) is 2. The summed E-state index contributed by atoms with van der Waals surface area (Å²) in [7, 11) is 0. The quantitative estimate of drug-likeness (QED) is 0.116. The first-order valence-electron chi connectivity index (χ1n) is 8.77. The van der Waals surface area contributed by atoms with Gasteiger partial charge in [-0.3, -0.25) is 14.9 Å². The van der Waals surface area contributed by atoms with Gasteiger partial charge in [0.05, 0.1) is 23.7 Å². The zero-order chi connectivity index (χ0) is 22.6. The maximum absolute atomic E-state index is 12.5. The van der Waals surface area contributed by atoms with E-state index in [0.29, 0.717) is 0 Å². The van der Waals surface area contributed by atoms with Gasteiger partial charge in [0.2, 0.25) is 5.91 Å². The van der Waals surface area contributed by atoms with Gasteiger partial charge in [0.1, 0.15) is 24.1 Å². The molecule has 6 N–H and O–H groups in total. The molecule has 0 aromatic heterocycles. The number of nitro groups is 1. The molecule has 1 aliphatic rings. The van der Waals surface area contributed by atoms with Gasteiger partial charge in [0.15, 0.2) is 0 Å². The van der Waals surface area contributed by atoms with E-state index in [9.17, 15) is 40.1 Å². The summed E-state index contributed by atoms with van der Waals surface area (Å²) in [4.78, 5) is 33.9. The topological polar surface area (TPSA) is 209 Å². The molecule has 1 aromatic rings. The Morgan fingerprint density at radius 1 is 1.37 bits per heavy atom. The molecule has 30 heavy (non-hydrogen) atoms. The fourth-order valence-electron chi connectivity index (χ4n) is 2.95. The molecule has 13 heteroatoms. The number of nitro benzene ring substituents is 1. The van der Waals surface area contributed by atoms with Crippen molar-refractivity contribution in [2.24, 2.45) is 0 Å². The second-order valence-corrected chi connectivity index (χ2v) is 6.75. The summed E-state index contributed by atoms with van der Waals surface area (Å²) >= 11 is 0. The summed E-state index contributed by atoms with van der Waals surface area (Å²) in [5.41, 5.74) is -0.267. The van der Waals surface area contributed by atoms with Gasteiger partial charge in [-0.25, -0.2) is 4.79 Å². The third-order valence-corrected chi connectivity index (χ3v) is 4.45. The van der Waals surface area contributed by atoms with Crippen LogP contribution in [0.3, 0.4) is 0 Å². The Hall–Kier alpha value is -2.68. The van der Waals surface area contributed by atoms with Crippen LogP contribution in [0.2, 0.25) is 0 Å². The highest BCUT2D eigenvalue weighted by molar-refractivity contribution is 5.80. The number of benzene rings is 1. The van der Waals surface area contributed by atoms with Crippen LogP contribution in [-0.2, 0) is 14.3 Å². The van der Waals surface area contributed by atoms with Crippen LogP contribution in [0.5, 0.6) is 5.75 Å². The summed E-state index contributed by atoms with van der Waals surface area (Å²) < 4.78 is 10.2. The van der Waals surface area contributed by atoms with Gasteiger partial charge in [-0.15, -0.1) is 0 Å². The van der Waals surface area contributed by atoms with Gasteiger partial charge in [-0.2, -0.15) is 0 Å². The molecule has 0 saturated carbocycles. The molecule has 1 amide bonds. The maximum atomic E-state index is 12.5. The first-order valence-corrected chi connectivity index (χ1v) is 8.77. The smallest absolute Gasteiger partial charge is 0.372 e. The highest BCUT2D eigenvalue weighted by Crippen LogP contribution is 2.32. The summed E-state index contributed by atoms with van der Waals surface area (Å²) in [5, 5.41) is 62.9. The standard InChI is InChI=1S/C17H22N2O11/c1-8(21)18-13-11(22)6-17(26,30-15(13)14(24)12(23)7-20)16(25)29-10-4-2-9(3-5-10)19(27)28/h2-5,11-15,20,22-24,26H,6-7H2,1H3,(H,18,21)/t11-,12+,13+,14+,15+,17-/m0/s1. The van der Waals surface area contributed by atoms with Crippen molar-refractivity contribution in [1.29, 1.82) is 0 Å². The molecule has 166 valence electrons. The maximum Gasteiger partial charge on any atom is 0.372 e. The number of nitrogens with one attached hydrogen (secondary N) is 1. The van der Waals surface area contributed by atoms with E-state index in [1.165, 1.54) is 0 Å². The van der Waals surface area contributed by atoms with Crippen molar-refractivity contribution in [3.8, 4) is 5.75 Å². The first-order chi connectivity index (χ1) is 14.0. The molecular weight excluding hydrogens is 408 g/mol. The molecule has 1 heterocycles. The number of aliphatic hydroxyl groups is 5. The fourth-order valence-corrected chi connectivity index (χ4v) is 2.95. The molecule has 0 bridgehead atoms.